The van der Waals surface area contributed by atoms with Gasteiger partial charge in [0.2, 0.25) is 0 Å². The predicted molar refractivity (Wildman–Crippen MR) is 112 cm³/mol. The molecule has 0 aliphatic heterocycles. The molecule has 148 valence electrons. The number of pyridine rings is 1. The Morgan fingerprint density at radius 3 is 2.79 bits per heavy atom. The van der Waals surface area contributed by atoms with E-state index in [1.807, 2.05) is 49.5 Å². The van der Waals surface area contributed by atoms with Crippen LogP contribution in [-0.2, 0) is 6.42 Å². The van der Waals surface area contributed by atoms with E-state index in [0.717, 1.165) is 34.6 Å². The minimum atomic E-state index is -0.133. The van der Waals surface area contributed by atoms with Crippen LogP contribution in [0.3, 0.4) is 0 Å². The van der Waals surface area contributed by atoms with Gasteiger partial charge in [0, 0.05) is 29.7 Å². The van der Waals surface area contributed by atoms with Gasteiger partial charge in [0.1, 0.15) is 11.6 Å². The van der Waals surface area contributed by atoms with Crippen molar-refractivity contribution < 1.29 is 4.74 Å². The van der Waals surface area contributed by atoms with Gasteiger partial charge >= 0.3 is 5.69 Å². The van der Waals surface area contributed by atoms with Gasteiger partial charge in [-0.25, -0.2) is 9.78 Å². The van der Waals surface area contributed by atoms with Crippen molar-refractivity contribution >= 4 is 0 Å². The molecule has 4 aromatic rings. The third-order valence-corrected chi connectivity index (χ3v) is 5.15. The number of aryl methyl sites for hydroxylation is 1. The zero-order valence-electron chi connectivity index (χ0n) is 16.7. The maximum atomic E-state index is 13.1. The van der Waals surface area contributed by atoms with E-state index in [4.69, 9.17) is 9.72 Å². The average molecular weight is 389 g/mol. The van der Waals surface area contributed by atoms with E-state index in [2.05, 4.69) is 17.1 Å². The fraction of sp³-hybridized carbons (Fsp3) is 0.227. The van der Waals surface area contributed by atoms with Crippen molar-refractivity contribution in [1.29, 1.82) is 0 Å². The summed E-state index contributed by atoms with van der Waals surface area (Å²) in [5.74, 6) is 1.38. The molecule has 0 fully saturated rings. The van der Waals surface area contributed by atoms with Crippen LogP contribution in [-0.4, -0.2) is 31.4 Å². The fourth-order valence-electron chi connectivity index (χ4n) is 3.48. The minimum Gasteiger partial charge on any atom is -0.497 e. The third kappa shape index (κ3) is 3.47. The molecule has 1 aromatic carbocycles. The molecule has 7 nitrogen and oxygen atoms in total. The van der Waals surface area contributed by atoms with Crippen molar-refractivity contribution in [1.82, 2.24) is 24.3 Å². The summed E-state index contributed by atoms with van der Waals surface area (Å²) >= 11 is 0. The summed E-state index contributed by atoms with van der Waals surface area (Å²) < 4.78 is 8.58. The predicted octanol–water partition coefficient (Wildman–Crippen LogP) is 3.60. The van der Waals surface area contributed by atoms with Gasteiger partial charge in [-0.05, 0) is 43.2 Å². The highest BCUT2D eigenvalue weighted by atomic mass is 16.5. The van der Waals surface area contributed by atoms with Crippen LogP contribution in [0.2, 0.25) is 0 Å². The molecule has 0 amide bonds. The normalized spacial score (nSPS) is 12.1. The van der Waals surface area contributed by atoms with E-state index in [1.165, 1.54) is 0 Å². The number of hydrogen-bond acceptors (Lipinski definition) is 4. The summed E-state index contributed by atoms with van der Waals surface area (Å²) in [5, 5.41) is 6.84. The molecule has 0 saturated heterocycles. The van der Waals surface area contributed by atoms with Gasteiger partial charge in [-0.1, -0.05) is 19.1 Å². The Balaban J connectivity index is 1.71. The number of nitrogens with one attached hydrogen (secondary N) is 1. The SMILES string of the molecule is CCc1nc(-n2ccn(C(C)c3cccc(OC)c3)c2=O)ccc1-c1cn[nH]c1. The molecule has 0 aliphatic carbocycles. The van der Waals surface area contributed by atoms with Crippen LogP contribution < -0.4 is 10.4 Å². The topological polar surface area (TPSA) is 77.7 Å². The van der Waals surface area contributed by atoms with Crippen molar-refractivity contribution in [2.24, 2.45) is 0 Å². The van der Waals surface area contributed by atoms with E-state index in [0.29, 0.717) is 5.82 Å². The molecule has 0 bridgehead atoms. The summed E-state index contributed by atoms with van der Waals surface area (Å²) in [4.78, 5) is 17.8. The van der Waals surface area contributed by atoms with Gasteiger partial charge in [0.25, 0.3) is 0 Å². The number of aromatic amines is 1. The van der Waals surface area contributed by atoms with Crippen LogP contribution in [0.1, 0.15) is 31.1 Å². The van der Waals surface area contributed by atoms with Crippen molar-refractivity contribution in [3.63, 3.8) is 0 Å². The van der Waals surface area contributed by atoms with Gasteiger partial charge in [-0.15, -0.1) is 0 Å². The molecule has 3 aromatic heterocycles. The Bertz CT molecular complexity index is 1170. The van der Waals surface area contributed by atoms with Gasteiger partial charge < -0.3 is 4.74 Å². The van der Waals surface area contributed by atoms with E-state index in [-0.39, 0.29) is 11.7 Å². The Morgan fingerprint density at radius 2 is 2.07 bits per heavy atom. The number of methoxy groups -OCH3 is 1. The first-order valence-electron chi connectivity index (χ1n) is 9.55. The lowest BCUT2D eigenvalue weighted by atomic mass is 10.1. The Kier molecular flexibility index (Phi) is 5.03. The average Bonchev–Trinajstić information content (AvgIpc) is 3.43. The Labute approximate surface area is 168 Å². The minimum absolute atomic E-state index is 0.130. The quantitative estimate of drug-likeness (QED) is 0.546. The number of nitrogens with zero attached hydrogens (tertiary/aromatic N) is 4. The van der Waals surface area contributed by atoms with Crippen molar-refractivity contribution in [3.05, 3.63) is 82.9 Å². The monoisotopic (exact) mass is 389 g/mol. The van der Waals surface area contributed by atoms with Gasteiger partial charge in [0.15, 0.2) is 0 Å². The lowest BCUT2D eigenvalue weighted by Crippen LogP contribution is -2.26. The van der Waals surface area contributed by atoms with Gasteiger partial charge in [0.05, 0.1) is 25.0 Å². The number of benzene rings is 1. The largest absolute Gasteiger partial charge is 0.497 e. The lowest BCUT2D eigenvalue weighted by Gasteiger charge is -2.14. The number of imidazole rings is 1. The maximum Gasteiger partial charge on any atom is 0.334 e. The lowest BCUT2D eigenvalue weighted by molar-refractivity contribution is 0.413. The zero-order chi connectivity index (χ0) is 20.4. The molecule has 29 heavy (non-hydrogen) atoms. The van der Waals surface area contributed by atoms with Crippen LogP contribution in [0.5, 0.6) is 5.75 Å². The molecule has 0 radical (unpaired) electrons. The second kappa shape index (κ2) is 7.79. The van der Waals surface area contributed by atoms with E-state index in [1.54, 1.807) is 34.8 Å². The molecule has 0 spiro atoms. The van der Waals surface area contributed by atoms with Crippen LogP contribution in [0.4, 0.5) is 0 Å². The maximum absolute atomic E-state index is 13.1. The zero-order valence-corrected chi connectivity index (χ0v) is 16.7. The van der Waals surface area contributed by atoms with Crippen molar-refractivity contribution in [2.75, 3.05) is 7.11 Å². The molecule has 4 rings (SSSR count). The second-order valence-electron chi connectivity index (χ2n) is 6.81. The number of rotatable bonds is 6. The molecule has 1 atom stereocenters. The van der Waals surface area contributed by atoms with Crippen LogP contribution in [0, 0.1) is 0 Å². The van der Waals surface area contributed by atoms with Gasteiger partial charge in [-0.2, -0.15) is 5.10 Å². The highest BCUT2D eigenvalue weighted by Gasteiger charge is 2.15. The Hall–Kier alpha value is -3.61. The highest BCUT2D eigenvalue weighted by Crippen LogP contribution is 2.24. The first-order chi connectivity index (χ1) is 14.1. The number of ether oxygens (including phenoxy) is 1. The summed E-state index contributed by atoms with van der Waals surface area (Å²) in [6, 6.07) is 11.5. The summed E-state index contributed by atoms with van der Waals surface area (Å²) in [7, 11) is 1.64. The van der Waals surface area contributed by atoms with Crippen LogP contribution >= 0.6 is 0 Å². The Morgan fingerprint density at radius 1 is 1.21 bits per heavy atom. The summed E-state index contributed by atoms with van der Waals surface area (Å²) in [6.07, 6.45) is 7.93. The standard InChI is InChI=1S/C22H23N5O2/c1-4-20-19(17-13-23-24-14-17)8-9-21(25-20)27-11-10-26(22(27)28)15(2)16-6-5-7-18(12-16)29-3/h5-15H,4H2,1-3H3,(H,23,24). The summed E-state index contributed by atoms with van der Waals surface area (Å²) in [6.45, 7) is 4.04. The molecule has 3 heterocycles. The molecule has 7 heteroatoms. The molecule has 1 unspecified atom stereocenters. The third-order valence-electron chi connectivity index (χ3n) is 5.15. The second-order valence-corrected chi connectivity index (χ2v) is 6.81. The molecule has 0 aliphatic rings. The first kappa shape index (κ1) is 18.7. The van der Waals surface area contributed by atoms with Crippen LogP contribution in [0.15, 0.2) is 66.0 Å². The van der Waals surface area contributed by atoms with Crippen molar-refractivity contribution in [3.8, 4) is 22.7 Å². The van der Waals surface area contributed by atoms with Crippen molar-refractivity contribution in [2.45, 2.75) is 26.3 Å². The highest BCUT2D eigenvalue weighted by molar-refractivity contribution is 5.65. The number of hydrogen-bond donors (Lipinski definition) is 1. The van der Waals surface area contributed by atoms with E-state index < -0.39 is 0 Å². The molecule has 0 saturated carbocycles. The smallest absolute Gasteiger partial charge is 0.334 e. The summed E-state index contributed by atoms with van der Waals surface area (Å²) in [5.41, 5.74) is 3.79. The van der Waals surface area contributed by atoms with E-state index in [9.17, 15) is 4.79 Å². The van der Waals surface area contributed by atoms with Gasteiger partial charge in [-0.3, -0.25) is 14.2 Å². The molecular formula is C22H23N5O2. The number of aromatic nitrogens is 5. The van der Waals surface area contributed by atoms with E-state index >= 15 is 0 Å². The number of H-pyrrole nitrogens is 1. The molecule has 1 N–H and O–H groups in total. The fourth-order valence-corrected chi connectivity index (χ4v) is 3.48. The van der Waals surface area contributed by atoms with Crippen LogP contribution in [0.25, 0.3) is 16.9 Å². The first-order valence-corrected chi connectivity index (χ1v) is 9.55. The molecular weight excluding hydrogens is 366 g/mol.